The molecule has 116 valence electrons. The van der Waals surface area contributed by atoms with Gasteiger partial charge >= 0.3 is 12.2 Å². The summed E-state index contributed by atoms with van der Waals surface area (Å²) >= 11 is 0. The van der Waals surface area contributed by atoms with Crippen molar-refractivity contribution >= 4 is 18.5 Å². The van der Waals surface area contributed by atoms with Crippen LogP contribution in [0, 0.1) is 5.92 Å². The summed E-state index contributed by atoms with van der Waals surface area (Å²) in [5.74, 6) is -0.188. The van der Waals surface area contributed by atoms with Crippen LogP contribution in [-0.4, -0.2) is 41.7 Å². The maximum Gasteiger partial charge on any atom is 0.429 e. The number of ether oxygens (including phenoxy) is 2. The minimum absolute atomic E-state index is 0.188. The van der Waals surface area contributed by atoms with Gasteiger partial charge in [-0.2, -0.15) is 0 Å². The predicted molar refractivity (Wildman–Crippen MR) is 72.9 cm³/mol. The fourth-order valence-electron chi connectivity index (χ4n) is 1.36. The van der Waals surface area contributed by atoms with Crippen LogP contribution in [0.5, 0.6) is 0 Å². The van der Waals surface area contributed by atoms with Crippen LogP contribution in [0.1, 0.15) is 41.5 Å². The van der Waals surface area contributed by atoms with Gasteiger partial charge in [-0.15, -0.1) is 0 Å². The van der Waals surface area contributed by atoms with Gasteiger partial charge in [-0.25, -0.2) is 20.0 Å². The molecule has 0 aliphatic carbocycles. The zero-order valence-electron chi connectivity index (χ0n) is 12.9. The average molecular weight is 288 g/mol. The lowest BCUT2D eigenvalue weighted by atomic mass is 10.1. The molecule has 0 aromatic heterocycles. The molecular formula is C13H24N2O5. The van der Waals surface area contributed by atoms with Crippen molar-refractivity contribution in [2.45, 2.75) is 59.8 Å². The molecule has 0 bridgehead atoms. The number of rotatable bonds is 5. The van der Waals surface area contributed by atoms with Crippen LogP contribution < -0.4 is 5.43 Å². The van der Waals surface area contributed by atoms with Gasteiger partial charge in [0.25, 0.3) is 0 Å². The van der Waals surface area contributed by atoms with E-state index in [0.717, 1.165) is 5.01 Å². The third kappa shape index (κ3) is 6.40. The fourth-order valence-corrected chi connectivity index (χ4v) is 1.36. The van der Waals surface area contributed by atoms with Crippen molar-refractivity contribution in [1.82, 2.24) is 10.4 Å². The summed E-state index contributed by atoms with van der Waals surface area (Å²) in [5.41, 5.74) is 2.25. The molecule has 20 heavy (non-hydrogen) atoms. The number of nitrogens with one attached hydrogen (secondary N) is 1. The fraction of sp³-hybridized carbons (Fsp3) is 0.769. The number of hydrazine groups is 1. The highest BCUT2D eigenvalue weighted by atomic mass is 16.6. The molecule has 0 radical (unpaired) electrons. The van der Waals surface area contributed by atoms with Crippen molar-refractivity contribution in [2.75, 3.05) is 0 Å². The van der Waals surface area contributed by atoms with Crippen LogP contribution in [0.3, 0.4) is 0 Å². The van der Waals surface area contributed by atoms with E-state index in [1.165, 1.54) is 0 Å². The lowest BCUT2D eigenvalue weighted by Crippen LogP contribution is -2.55. The van der Waals surface area contributed by atoms with Gasteiger partial charge in [-0.3, -0.25) is 0 Å². The van der Waals surface area contributed by atoms with Crippen molar-refractivity contribution in [2.24, 2.45) is 5.92 Å². The molecule has 0 rings (SSSR count). The lowest BCUT2D eigenvalue weighted by molar-refractivity contribution is -0.114. The Morgan fingerprint density at radius 1 is 1.00 bits per heavy atom. The number of carbonyl (C=O) groups excluding carboxylic acids is 3. The maximum atomic E-state index is 12.0. The smallest absolute Gasteiger partial charge is 0.429 e. The summed E-state index contributed by atoms with van der Waals surface area (Å²) in [4.78, 5) is 34.7. The Hall–Kier alpha value is -1.79. The molecule has 0 aromatic carbocycles. The Morgan fingerprint density at radius 3 is 1.85 bits per heavy atom. The first-order valence-corrected chi connectivity index (χ1v) is 6.61. The van der Waals surface area contributed by atoms with Crippen LogP contribution in [0.2, 0.25) is 0 Å². The first-order chi connectivity index (χ1) is 9.18. The Balaban J connectivity index is 5.00. The van der Waals surface area contributed by atoms with Gasteiger partial charge in [-0.1, -0.05) is 13.8 Å². The van der Waals surface area contributed by atoms with Crippen molar-refractivity contribution in [3.05, 3.63) is 0 Å². The van der Waals surface area contributed by atoms with Gasteiger partial charge in [-0.05, 0) is 33.6 Å². The molecule has 2 amide bonds. The van der Waals surface area contributed by atoms with E-state index in [-0.39, 0.29) is 18.1 Å². The summed E-state index contributed by atoms with van der Waals surface area (Å²) in [6.07, 6.45) is -1.74. The molecule has 0 aliphatic rings. The van der Waals surface area contributed by atoms with Gasteiger partial charge in [0.05, 0.1) is 12.2 Å². The molecular weight excluding hydrogens is 264 g/mol. The number of amides is 2. The van der Waals surface area contributed by atoms with E-state index >= 15 is 0 Å². The molecule has 0 aromatic rings. The van der Waals surface area contributed by atoms with Crippen molar-refractivity contribution in [1.29, 1.82) is 0 Å². The zero-order valence-corrected chi connectivity index (χ0v) is 12.9. The van der Waals surface area contributed by atoms with E-state index in [0.29, 0.717) is 6.29 Å². The Labute approximate surface area is 119 Å². The van der Waals surface area contributed by atoms with Crippen molar-refractivity contribution in [3.63, 3.8) is 0 Å². The summed E-state index contributed by atoms with van der Waals surface area (Å²) in [6, 6.07) is -0.832. The standard InChI is InChI=1S/C13H24N2O5/c1-8(2)11(7-16)15(13(18)20-10(5)6)14-12(17)19-9(3)4/h7-11H,1-6H3,(H,14,17)/t11-/m0/s1. The third-order valence-electron chi connectivity index (χ3n) is 2.21. The molecule has 1 N–H and O–H groups in total. The van der Waals surface area contributed by atoms with Crippen LogP contribution in [0.4, 0.5) is 9.59 Å². The summed E-state index contributed by atoms with van der Waals surface area (Å²) < 4.78 is 9.90. The van der Waals surface area contributed by atoms with Gasteiger partial charge in [0.2, 0.25) is 0 Å². The normalized spacial score (nSPS) is 12.2. The van der Waals surface area contributed by atoms with Crippen LogP contribution in [-0.2, 0) is 14.3 Å². The highest BCUT2D eigenvalue weighted by molar-refractivity contribution is 5.77. The van der Waals surface area contributed by atoms with Crippen molar-refractivity contribution in [3.8, 4) is 0 Å². The summed E-state index contributed by atoms with van der Waals surface area (Å²) in [5, 5.41) is 0.863. The third-order valence-corrected chi connectivity index (χ3v) is 2.21. The number of hydrogen-bond acceptors (Lipinski definition) is 5. The van der Waals surface area contributed by atoms with E-state index in [1.807, 2.05) is 0 Å². The van der Waals surface area contributed by atoms with Crippen LogP contribution >= 0.6 is 0 Å². The molecule has 7 heteroatoms. The topological polar surface area (TPSA) is 84.9 Å². The molecule has 0 aliphatic heterocycles. The largest absolute Gasteiger partial charge is 0.446 e. The average Bonchev–Trinajstić information content (AvgIpc) is 2.25. The van der Waals surface area contributed by atoms with E-state index in [2.05, 4.69) is 5.43 Å². The molecule has 7 nitrogen and oxygen atoms in total. The Bertz CT molecular complexity index is 342. The second kappa shape index (κ2) is 8.39. The molecule has 0 unspecified atom stereocenters. The molecule has 0 heterocycles. The quantitative estimate of drug-likeness (QED) is 0.618. The molecule has 1 atom stereocenters. The van der Waals surface area contributed by atoms with Crippen molar-refractivity contribution < 1.29 is 23.9 Å². The number of aldehydes is 1. The monoisotopic (exact) mass is 288 g/mol. The first-order valence-electron chi connectivity index (χ1n) is 6.61. The van der Waals surface area contributed by atoms with Gasteiger partial charge in [0.15, 0.2) is 0 Å². The number of nitrogens with zero attached hydrogens (tertiary/aromatic N) is 1. The molecule has 0 spiro atoms. The van der Waals surface area contributed by atoms with Gasteiger partial charge in [0, 0.05) is 0 Å². The van der Waals surface area contributed by atoms with E-state index in [1.54, 1.807) is 41.5 Å². The molecule has 0 saturated carbocycles. The van der Waals surface area contributed by atoms with Crippen LogP contribution in [0.25, 0.3) is 0 Å². The maximum absolute atomic E-state index is 12.0. The molecule has 0 fully saturated rings. The minimum atomic E-state index is -0.832. The Kier molecular flexibility index (Phi) is 7.64. The highest BCUT2D eigenvalue weighted by Crippen LogP contribution is 2.09. The summed E-state index contributed by atoms with van der Waals surface area (Å²) in [7, 11) is 0. The number of hydrogen-bond donors (Lipinski definition) is 1. The minimum Gasteiger partial charge on any atom is -0.446 e. The second-order valence-corrected chi connectivity index (χ2v) is 5.24. The van der Waals surface area contributed by atoms with Gasteiger partial charge < -0.3 is 14.3 Å². The lowest BCUT2D eigenvalue weighted by Gasteiger charge is -2.30. The second-order valence-electron chi connectivity index (χ2n) is 5.24. The highest BCUT2D eigenvalue weighted by Gasteiger charge is 2.30. The Morgan fingerprint density at radius 2 is 1.50 bits per heavy atom. The van der Waals surface area contributed by atoms with E-state index in [9.17, 15) is 14.4 Å². The summed E-state index contributed by atoms with van der Waals surface area (Å²) in [6.45, 7) is 10.2. The molecule has 0 saturated heterocycles. The van der Waals surface area contributed by atoms with Gasteiger partial charge in [0.1, 0.15) is 12.3 Å². The van der Waals surface area contributed by atoms with E-state index in [4.69, 9.17) is 9.47 Å². The predicted octanol–water partition coefficient (Wildman–Crippen LogP) is 2.11. The number of carbonyl (C=O) groups is 3. The first kappa shape index (κ1) is 18.2. The SMILES string of the molecule is CC(C)OC(=O)NN(C(=O)OC(C)C)[C@@H](C=O)C(C)C. The van der Waals surface area contributed by atoms with E-state index < -0.39 is 18.2 Å². The van der Waals surface area contributed by atoms with Crippen LogP contribution in [0.15, 0.2) is 0 Å². The zero-order chi connectivity index (χ0) is 15.9.